The summed E-state index contributed by atoms with van der Waals surface area (Å²) in [5.74, 6) is 1.22. The van der Waals surface area contributed by atoms with E-state index in [1.54, 1.807) is 17.7 Å². The number of aromatic nitrogens is 3. The lowest BCUT2D eigenvalue weighted by atomic mass is 9.98. The summed E-state index contributed by atoms with van der Waals surface area (Å²) in [7, 11) is 1.60. The molecule has 38 heavy (non-hydrogen) atoms. The van der Waals surface area contributed by atoms with Gasteiger partial charge in [0.25, 0.3) is 5.91 Å². The number of ether oxygens (including phenoxy) is 1. The molecule has 0 atom stereocenters. The standard InChI is InChI=1S/C30H39N5O3/c1-20(2)24-17-25(26(36)18-27(24)38-3)28-32-33-29(30(37)31-22-9-5-6-10-22)35(28)23-13-11-21(12-14-23)19-34-15-7-4-8-16-34/h11-14,17-18,20,22,36H,4-10,15-16,19H2,1-3H3,(H,31,37). The number of phenols is 1. The SMILES string of the molecule is COc1cc(O)c(-c2nnc(C(=O)NC3CCCC3)n2-c2ccc(CN3CCCCC3)cc2)cc1C(C)C. The summed E-state index contributed by atoms with van der Waals surface area (Å²) in [5.41, 5.74) is 3.48. The topological polar surface area (TPSA) is 92.5 Å². The number of aromatic hydroxyl groups is 1. The van der Waals surface area contributed by atoms with Crippen LogP contribution in [-0.2, 0) is 6.54 Å². The Morgan fingerprint density at radius 3 is 2.42 bits per heavy atom. The molecular weight excluding hydrogens is 478 g/mol. The molecule has 5 rings (SSSR count). The van der Waals surface area contributed by atoms with Gasteiger partial charge in [-0.3, -0.25) is 14.3 Å². The molecule has 0 radical (unpaired) electrons. The number of phenolic OH excluding ortho intramolecular Hbond substituents is 1. The Morgan fingerprint density at radius 2 is 1.76 bits per heavy atom. The van der Waals surface area contributed by atoms with E-state index in [0.717, 1.165) is 56.6 Å². The molecule has 0 spiro atoms. The van der Waals surface area contributed by atoms with Crippen molar-refractivity contribution in [3.05, 3.63) is 53.3 Å². The minimum atomic E-state index is -0.245. The zero-order valence-corrected chi connectivity index (χ0v) is 22.7. The van der Waals surface area contributed by atoms with E-state index in [9.17, 15) is 9.90 Å². The van der Waals surface area contributed by atoms with Gasteiger partial charge in [-0.15, -0.1) is 10.2 Å². The van der Waals surface area contributed by atoms with Crippen LogP contribution in [0, 0.1) is 0 Å². The Hall–Kier alpha value is -3.39. The maximum Gasteiger partial charge on any atom is 0.289 e. The Morgan fingerprint density at radius 1 is 1.05 bits per heavy atom. The van der Waals surface area contributed by atoms with Gasteiger partial charge in [-0.05, 0) is 74.0 Å². The molecule has 2 fully saturated rings. The molecule has 2 aliphatic rings. The van der Waals surface area contributed by atoms with E-state index in [2.05, 4.69) is 46.4 Å². The molecule has 1 aromatic heterocycles. The number of rotatable bonds is 8. The average molecular weight is 518 g/mol. The molecule has 8 nitrogen and oxygen atoms in total. The molecule has 2 aromatic carbocycles. The van der Waals surface area contributed by atoms with Crippen molar-refractivity contribution < 1.29 is 14.6 Å². The molecule has 2 heterocycles. The Bertz CT molecular complexity index is 1260. The fourth-order valence-electron chi connectivity index (χ4n) is 5.69. The quantitative estimate of drug-likeness (QED) is 0.414. The zero-order valence-electron chi connectivity index (χ0n) is 22.7. The van der Waals surface area contributed by atoms with Gasteiger partial charge in [-0.25, -0.2) is 0 Å². The van der Waals surface area contributed by atoms with Crippen LogP contribution in [0.4, 0.5) is 0 Å². The summed E-state index contributed by atoms with van der Waals surface area (Å²) in [6.45, 7) is 7.34. The molecule has 3 aromatic rings. The first-order chi connectivity index (χ1) is 18.4. The fraction of sp³-hybridized carbons (Fsp3) is 0.500. The van der Waals surface area contributed by atoms with Crippen molar-refractivity contribution >= 4 is 5.91 Å². The van der Waals surface area contributed by atoms with E-state index >= 15 is 0 Å². The second kappa shape index (κ2) is 11.6. The highest BCUT2D eigenvalue weighted by molar-refractivity contribution is 5.92. The first-order valence-corrected chi connectivity index (χ1v) is 13.9. The number of carbonyl (C=O) groups excluding carboxylic acids is 1. The smallest absolute Gasteiger partial charge is 0.289 e. The lowest BCUT2D eigenvalue weighted by molar-refractivity contribution is 0.0925. The minimum Gasteiger partial charge on any atom is -0.507 e. The number of carbonyl (C=O) groups is 1. The first kappa shape index (κ1) is 26.2. The number of likely N-dealkylation sites (tertiary alicyclic amines) is 1. The average Bonchev–Trinajstić information content (AvgIpc) is 3.59. The molecule has 0 bridgehead atoms. The lowest BCUT2D eigenvalue weighted by Crippen LogP contribution is -2.34. The first-order valence-electron chi connectivity index (χ1n) is 13.9. The van der Waals surface area contributed by atoms with Crippen LogP contribution in [0.25, 0.3) is 17.1 Å². The second-order valence-electron chi connectivity index (χ2n) is 10.9. The van der Waals surface area contributed by atoms with E-state index in [4.69, 9.17) is 4.74 Å². The highest BCUT2D eigenvalue weighted by Crippen LogP contribution is 2.38. The van der Waals surface area contributed by atoms with Gasteiger partial charge in [0.1, 0.15) is 11.5 Å². The van der Waals surface area contributed by atoms with Gasteiger partial charge < -0.3 is 15.2 Å². The zero-order chi connectivity index (χ0) is 26.6. The van der Waals surface area contributed by atoms with Crippen molar-refractivity contribution in [1.82, 2.24) is 25.0 Å². The molecule has 1 saturated heterocycles. The lowest BCUT2D eigenvalue weighted by Gasteiger charge is -2.26. The van der Waals surface area contributed by atoms with Crippen LogP contribution in [0.15, 0.2) is 36.4 Å². The van der Waals surface area contributed by atoms with Gasteiger partial charge in [-0.1, -0.05) is 45.2 Å². The number of nitrogens with one attached hydrogen (secondary N) is 1. The van der Waals surface area contributed by atoms with E-state index in [0.29, 0.717) is 17.1 Å². The number of methoxy groups -OCH3 is 1. The number of benzene rings is 2. The monoisotopic (exact) mass is 517 g/mol. The molecule has 8 heteroatoms. The Kier molecular flexibility index (Phi) is 7.98. The van der Waals surface area contributed by atoms with Crippen LogP contribution in [0.2, 0.25) is 0 Å². The number of piperidine rings is 1. The Labute approximate surface area is 225 Å². The van der Waals surface area contributed by atoms with Crippen LogP contribution in [-0.4, -0.2) is 56.9 Å². The van der Waals surface area contributed by atoms with E-state index < -0.39 is 0 Å². The predicted molar refractivity (Wildman–Crippen MR) is 148 cm³/mol. The molecule has 2 N–H and O–H groups in total. The maximum atomic E-state index is 13.4. The molecule has 1 aliphatic heterocycles. The number of hydrogen-bond donors (Lipinski definition) is 2. The molecule has 1 saturated carbocycles. The van der Waals surface area contributed by atoms with Crippen molar-refractivity contribution in [3.8, 4) is 28.6 Å². The van der Waals surface area contributed by atoms with Crippen LogP contribution in [0.5, 0.6) is 11.5 Å². The molecule has 202 valence electrons. The minimum absolute atomic E-state index is 0.0318. The number of amides is 1. The predicted octanol–water partition coefficient (Wildman–Crippen LogP) is 5.43. The van der Waals surface area contributed by atoms with Crippen molar-refractivity contribution in [1.29, 1.82) is 0 Å². The van der Waals surface area contributed by atoms with Crippen molar-refractivity contribution in [2.24, 2.45) is 0 Å². The van der Waals surface area contributed by atoms with Gasteiger partial charge in [0.15, 0.2) is 5.82 Å². The fourth-order valence-corrected chi connectivity index (χ4v) is 5.69. The maximum absolute atomic E-state index is 13.4. The third kappa shape index (κ3) is 5.55. The summed E-state index contributed by atoms with van der Waals surface area (Å²) < 4.78 is 7.28. The molecule has 1 aliphatic carbocycles. The summed E-state index contributed by atoms with van der Waals surface area (Å²) in [4.78, 5) is 15.9. The summed E-state index contributed by atoms with van der Waals surface area (Å²) in [6.07, 6.45) is 8.03. The van der Waals surface area contributed by atoms with Crippen LogP contribution in [0.1, 0.15) is 86.5 Å². The van der Waals surface area contributed by atoms with Crippen LogP contribution >= 0.6 is 0 Å². The van der Waals surface area contributed by atoms with Gasteiger partial charge in [0, 0.05) is 24.3 Å². The van der Waals surface area contributed by atoms with Crippen LogP contribution < -0.4 is 10.1 Å². The third-order valence-corrected chi connectivity index (χ3v) is 7.82. The van der Waals surface area contributed by atoms with Crippen LogP contribution in [0.3, 0.4) is 0 Å². The van der Waals surface area contributed by atoms with Gasteiger partial charge in [0.05, 0.1) is 12.7 Å². The number of nitrogens with zero attached hydrogens (tertiary/aromatic N) is 4. The summed E-state index contributed by atoms with van der Waals surface area (Å²) in [5, 5.41) is 22.9. The Balaban J connectivity index is 1.54. The molecule has 0 unspecified atom stereocenters. The van der Waals surface area contributed by atoms with E-state index in [-0.39, 0.29) is 29.4 Å². The van der Waals surface area contributed by atoms with Gasteiger partial charge in [0.2, 0.25) is 5.82 Å². The molecule has 1 amide bonds. The number of hydrogen-bond acceptors (Lipinski definition) is 6. The largest absolute Gasteiger partial charge is 0.507 e. The van der Waals surface area contributed by atoms with E-state index in [1.165, 1.54) is 24.8 Å². The second-order valence-corrected chi connectivity index (χ2v) is 10.9. The van der Waals surface area contributed by atoms with Crippen molar-refractivity contribution in [2.45, 2.75) is 77.3 Å². The highest BCUT2D eigenvalue weighted by atomic mass is 16.5. The molecular formula is C30H39N5O3. The summed E-state index contributed by atoms with van der Waals surface area (Å²) in [6, 6.07) is 11.9. The summed E-state index contributed by atoms with van der Waals surface area (Å²) >= 11 is 0. The third-order valence-electron chi connectivity index (χ3n) is 7.82. The van der Waals surface area contributed by atoms with Crippen molar-refractivity contribution in [2.75, 3.05) is 20.2 Å². The normalized spacial score (nSPS) is 16.7. The van der Waals surface area contributed by atoms with Gasteiger partial charge in [-0.2, -0.15) is 0 Å². The highest BCUT2D eigenvalue weighted by Gasteiger charge is 2.27. The van der Waals surface area contributed by atoms with Crippen molar-refractivity contribution in [3.63, 3.8) is 0 Å². The van der Waals surface area contributed by atoms with Gasteiger partial charge >= 0.3 is 0 Å². The van der Waals surface area contributed by atoms with E-state index in [1.807, 2.05) is 18.2 Å².